The Kier molecular flexibility index (Phi) is 2.78. The van der Waals surface area contributed by atoms with E-state index < -0.39 is 5.41 Å². The zero-order valence-electron chi connectivity index (χ0n) is 10.8. The number of benzene rings is 1. The molecule has 1 unspecified atom stereocenters. The number of ether oxygens (including phenoxy) is 1. The van der Waals surface area contributed by atoms with Gasteiger partial charge >= 0.3 is 0 Å². The van der Waals surface area contributed by atoms with E-state index in [-0.39, 0.29) is 12.5 Å². The minimum Gasteiger partial charge on any atom is -0.497 e. The summed E-state index contributed by atoms with van der Waals surface area (Å²) < 4.78 is 5.24. The zero-order valence-corrected chi connectivity index (χ0v) is 10.8. The molecule has 0 saturated carbocycles. The molecule has 3 rings (SSSR count). The number of carbonyl (C=O) groups excluding carboxylic acids is 1. The first kappa shape index (κ1) is 12.2. The lowest BCUT2D eigenvalue weighted by molar-refractivity contribution is -0.124. The second-order valence-corrected chi connectivity index (χ2v) is 5.13. The van der Waals surface area contributed by atoms with Gasteiger partial charge in [0.2, 0.25) is 5.91 Å². The maximum atomic E-state index is 11.6. The summed E-state index contributed by atoms with van der Waals surface area (Å²) in [6, 6.07) is 5.87. The average Bonchev–Trinajstić information content (AvgIpc) is 2.45. The topological polar surface area (TPSA) is 70.9 Å². The van der Waals surface area contributed by atoms with Crippen LogP contribution in [0.3, 0.4) is 0 Å². The van der Waals surface area contributed by atoms with Crippen LogP contribution in [-0.2, 0) is 11.2 Å². The Morgan fingerprint density at radius 1 is 1.53 bits per heavy atom. The highest BCUT2D eigenvalue weighted by molar-refractivity contribution is 6.10. The number of fused-ring (bicyclic) bond motifs is 3. The first-order valence-corrected chi connectivity index (χ1v) is 6.34. The molecular formula is C14H16N2O3. The molecule has 1 amide bonds. The summed E-state index contributed by atoms with van der Waals surface area (Å²) in [6.45, 7) is -0.0596. The molecule has 0 aromatic heterocycles. The fourth-order valence-electron chi connectivity index (χ4n) is 2.92. The molecule has 2 N–H and O–H groups in total. The molecule has 2 aliphatic rings. The van der Waals surface area contributed by atoms with Gasteiger partial charge < -0.3 is 9.84 Å². The number of nitrogens with one attached hydrogen (secondary N) is 1. The van der Waals surface area contributed by atoms with Crippen LogP contribution in [0, 0.1) is 5.41 Å². The monoisotopic (exact) mass is 260 g/mol. The lowest BCUT2D eigenvalue weighted by atomic mass is 9.68. The molecule has 1 heterocycles. The van der Waals surface area contributed by atoms with E-state index in [0.717, 1.165) is 29.9 Å². The molecule has 19 heavy (non-hydrogen) atoms. The van der Waals surface area contributed by atoms with E-state index in [1.54, 1.807) is 7.11 Å². The van der Waals surface area contributed by atoms with Crippen LogP contribution in [0.2, 0.25) is 0 Å². The molecule has 0 radical (unpaired) electrons. The summed E-state index contributed by atoms with van der Waals surface area (Å²) in [6.07, 6.45) is 1.88. The summed E-state index contributed by atoms with van der Waals surface area (Å²) >= 11 is 0. The number of methoxy groups -OCH3 is 1. The van der Waals surface area contributed by atoms with Gasteiger partial charge in [-0.2, -0.15) is 5.10 Å². The van der Waals surface area contributed by atoms with Crippen molar-refractivity contribution in [2.24, 2.45) is 10.5 Å². The van der Waals surface area contributed by atoms with Crippen LogP contribution in [0.15, 0.2) is 23.3 Å². The van der Waals surface area contributed by atoms with Gasteiger partial charge in [-0.05, 0) is 30.5 Å². The van der Waals surface area contributed by atoms with Gasteiger partial charge in [0.05, 0.1) is 19.4 Å². The first-order valence-electron chi connectivity index (χ1n) is 6.34. The molecule has 1 aliphatic carbocycles. The van der Waals surface area contributed by atoms with Gasteiger partial charge in [-0.3, -0.25) is 4.79 Å². The van der Waals surface area contributed by atoms with Crippen LogP contribution in [0.1, 0.15) is 24.0 Å². The molecule has 1 aromatic rings. The van der Waals surface area contributed by atoms with E-state index in [9.17, 15) is 9.90 Å². The summed E-state index contributed by atoms with van der Waals surface area (Å²) in [5.41, 5.74) is 4.90. The number of hydrogen-bond acceptors (Lipinski definition) is 4. The molecule has 5 nitrogen and oxygen atoms in total. The van der Waals surface area contributed by atoms with E-state index in [0.29, 0.717) is 6.42 Å². The van der Waals surface area contributed by atoms with Gasteiger partial charge in [0.15, 0.2) is 0 Å². The molecule has 0 saturated heterocycles. The minimum atomic E-state index is -0.540. The number of carbonyl (C=O) groups is 1. The van der Waals surface area contributed by atoms with Crippen molar-refractivity contribution in [1.29, 1.82) is 0 Å². The molecule has 1 atom stereocenters. The Balaban J connectivity index is 2.14. The van der Waals surface area contributed by atoms with Crippen molar-refractivity contribution in [3.8, 4) is 5.75 Å². The van der Waals surface area contributed by atoms with E-state index >= 15 is 0 Å². The third kappa shape index (κ3) is 1.81. The molecule has 0 spiro atoms. The van der Waals surface area contributed by atoms with E-state index in [1.807, 2.05) is 18.2 Å². The molecule has 1 aliphatic heterocycles. The first-order chi connectivity index (χ1) is 9.18. The Labute approximate surface area is 111 Å². The van der Waals surface area contributed by atoms with Crippen molar-refractivity contribution in [2.75, 3.05) is 13.7 Å². The highest BCUT2D eigenvalue weighted by Gasteiger charge is 2.44. The molecule has 100 valence electrons. The Morgan fingerprint density at radius 2 is 2.37 bits per heavy atom. The smallest absolute Gasteiger partial charge is 0.241 e. The SMILES string of the molecule is COc1ccc2c(c1)C1=NNC(=O)CC1(CO)CC2. The number of hydrogen-bond donors (Lipinski definition) is 2. The average molecular weight is 260 g/mol. The maximum Gasteiger partial charge on any atom is 0.241 e. The third-order valence-electron chi connectivity index (χ3n) is 4.04. The number of aliphatic hydroxyl groups excluding tert-OH is 1. The second-order valence-electron chi connectivity index (χ2n) is 5.13. The highest BCUT2D eigenvalue weighted by Crippen LogP contribution is 2.40. The summed E-state index contributed by atoms with van der Waals surface area (Å²) in [5.74, 6) is 0.622. The van der Waals surface area contributed by atoms with Crippen LogP contribution in [0.25, 0.3) is 0 Å². The van der Waals surface area contributed by atoms with Crippen LogP contribution in [0.5, 0.6) is 5.75 Å². The predicted octanol–water partition coefficient (Wildman–Crippen LogP) is 0.844. The second kappa shape index (κ2) is 4.35. The summed E-state index contributed by atoms with van der Waals surface area (Å²) in [5, 5.41) is 13.9. The van der Waals surface area contributed by atoms with Gasteiger partial charge in [0, 0.05) is 17.4 Å². The van der Waals surface area contributed by atoms with Crippen molar-refractivity contribution >= 4 is 11.6 Å². The van der Waals surface area contributed by atoms with Crippen molar-refractivity contribution < 1.29 is 14.6 Å². The van der Waals surface area contributed by atoms with Crippen LogP contribution in [0.4, 0.5) is 0 Å². The summed E-state index contributed by atoms with van der Waals surface area (Å²) in [7, 11) is 1.62. The molecular weight excluding hydrogens is 244 g/mol. The number of aryl methyl sites for hydroxylation is 1. The third-order valence-corrected chi connectivity index (χ3v) is 4.04. The Morgan fingerprint density at radius 3 is 3.11 bits per heavy atom. The highest BCUT2D eigenvalue weighted by atomic mass is 16.5. The number of nitrogens with zero attached hydrogens (tertiary/aromatic N) is 1. The largest absolute Gasteiger partial charge is 0.497 e. The van der Waals surface area contributed by atoms with Crippen LogP contribution >= 0.6 is 0 Å². The van der Waals surface area contributed by atoms with Gasteiger partial charge in [0.25, 0.3) is 0 Å². The lowest BCUT2D eigenvalue weighted by Gasteiger charge is -2.39. The van der Waals surface area contributed by atoms with Crippen molar-refractivity contribution in [2.45, 2.75) is 19.3 Å². The van der Waals surface area contributed by atoms with Crippen LogP contribution < -0.4 is 10.2 Å². The van der Waals surface area contributed by atoms with Gasteiger partial charge in [-0.1, -0.05) is 6.07 Å². The van der Waals surface area contributed by atoms with Crippen molar-refractivity contribution in [3.63, 3.8) is 0 Å². The maximum absolute atomic E-state index is 11.6. The molecule has 5 heteroatoms. The molecule has 1 aromatic carbocycles. The fourth-order valence-corrected chi connectivity index (χ4v) is 2.92. The quantitative estimate of drug-likeness (QED) is 0.828. The Hall–Kier alpha value is -1.88. The van der Waals surface area contributed by atoms with Gasteiger partial charge in [-0.25, -0.2) is 5.43 Å². The number of aliphatic hydroxyl groups is 1. The van der Waals surface area contributed by atoms with Gasteiger partial charge in [-0.15, -0.1) is 0 Å². The van der Waals surface area contributed by atoms with E-state index in [1.165, 1.54) is 5.56 Å². The number of amides is 1. The molecule has 0 bridgehead atoms. The zero-order chi connectivity index (χ0) is 13.5. The van der Waals surface area contributed by atoms with Crippen LogP contribution in [-0.4, -0.2) is 30.4 Å². The fraction of sp³-hybridized carbons (Fsp3) is 0.429. The predicted molar refractivity (Wildman–Crippen MR) is 70.1 cm³/mol. The van der Waals surface area contributed by atoms with Gasteiger partial charge in [0.1, 0.15) is 5.75 Å². The molecule has 0 fully saturated rings. The minimum absolute atomic E-state index is 0.0596. The summed E-state index contributed by atoms with van der Waals surface area (Å²) in [4.78, 5) is 11.6. The number of hydrazone groups is 1. The van der Waals surface area contributed by atoms with Crippen molar-refractivity contribution in [1.82, 2.24) is 5.43 Å². The van der Waals surface area contributed by atoms with E-state index in [4.69, 9.17) is 4.74 Å². The van der Waals surface area contributed by atoms with Crippen molar-refractivity contribution in [3.05, 3.63) is 29.3 Å². The normalized spacial score (nSPS) is 24.9. The van der Waals surface area contributed by atoms with E-state index in [2.05, 4.69) is 10.5 Å². The Bertz CT molecular complexity index is 568. The standard InChI is InChI=1S/C14H16N2O3/c1-19-10-3-2-9-4-5-14(8-17)7-12(18)15-16-13(14)11(9)6-10/h2-3,6,17H,4-5,7-8H2,1H3,(H,15,18). The number of rotatable bonds is 2. The lowest BCUT2D eigenvalue weighted by Crippen LogP contribution is -2.47.